The average molecular weight is 277 g/mol. The molecule has 1 aliphatic carbocycles. The van der Waals surface area contributed by atoms with Crippen LogP contribution >= 0.6 is 11.3 Å². The second-order valence-corrected chi connectivity index (χ2v) is 6.51. The van der Waals surface area contributed by atoms with Crippen LogP contribution in [-0.4, -0.2) is 22.1 Å². The van der Waals surface area contributed by atoms with Crippen LogP contribution in [-0.2, 0) is 0 Å². The molecular weight excluding hydrogens is 258 g/mol. The molecule has 5 heteroatoms. The molecule has 0 radical (unpaired) electrons. The summed E-state index contributed by atoms with van der Waals surface area (Å²) in [5, 5.41) is 1.07. The number of nitrogens with zero attached hydrogens (tertiary/aromatic N) is 2. The van der Waals surface area contributed by atoms with Crippen molar-refractivity contribution in [3.05, 3.63) is 16.8 Å². The van der Waals surface area contributed by atoms with Crippen molar-refractivity contribution in [3.63, 3.8) is 0 Å². The smallest absolute Gasteiger partial charge is 0.225 e. The number of hydrogen-bond donors (Lipinski definition) is 1. The number of aryl methyl sites for hydroxylation is 2. The molecule has 0 amide bonds. The Kier molecular flexibility index (Phi) is 3.41. The molecule has 1 fully saturated rings. The molecule has 0 bridgehead atoms. The molecule has 19 heavy (non-hydrogen) atoms. The zero-order valence-corrected chi connectivity index (χ0v) is 12.2. The van der Waals surface area contributed by atoms with Crippen molar-refractivity contribution in [1.82, 2.24) is 9.97 Å². The van der Waals surface area contributed by atoms with Gasteiger partial charge in [-0.15, -0.1) is 11.3 Å². The summed E-state index contributed by atoms with van der Waals surface area (Å²) in [6.07, 6.45) is 6.03. The van der Waals surface area contributed by atoms with Gasteiger partial charge in [0, 0.05) is 10.9 Å². The SMILES string of the molecule is Cc1sc2ncnc(OC3CCCC(N)C3)c2c1C. The monoisotopic (exact) mass is 277 g/mol. The Hall–Kier alpha value is -1.20. The first kappa shape index (κ1) is 12.8. The lowest BCUT2D eigenvalue weighted by molar-refractivity contribution is 0.140. The van der Waals surface area contributed by atoms with Crippen molar-refractivity contribution in [2.75, 3.05) is 0 Å². The van der Waals surface area contributed by atoms with Crippen LogP contribution in [0, 0.1) is 13.8 Å². The van der Waals surface area contributed by atoms with E-state index in [0.717, 1.165) is 41.8 Å². The Balaban J connectivity index is 1.92. The number of hydrogen-bond acceptors (Lipinski definition) is 5. The zero-order valence-electron chi connectivity index (χ0n) is 11.3. The Morgan fingerprint density at radius 2 is 2.16 bits per heavy atom. The van der Waals surface area contributed by atoms with Crippen molar-refractivity contribution >= 4 is 21.6 Å². The first-order valence-corrected chi connectivity index (χ1v) is 7.59. The van der Waals surface area contributed by atoms with E-state index in [0.29, 0.717) is 0 Å². The number of thiophene rings is 1. The molecule has 2 unspecified atom stereocenters. The third-order valence-corrected chi connectivity index (χ3v) is 4.99. The van der Waals surface area contributed by atoms with Gasteiger partial charge in [-0.3, -0.25) is 0 Å². The first-order chi connectivity index (χ1) is 9.15. The molecule has 0 aliphatic heterocycles. The van der Waals surface area contributed by atoms with Crippen molar-refractivity contribution in [2.45, 2.75) is 51.7 Å². The van der Waals surface area contributed by atoms with Crippen LogP contribution in [0.4, 0.5) is 0 Å². The molecule has 2 aromatic heterocycles. The van der Waals surface area contributed by atoms with Gasteiger partial charge in [-0.1, -0.05) is 0 Å². The molecule has 2 N–H and O–H groups in total. The Morgan fingerprint density at radius 3 is 2.95 bits per heavy atom. The van der Waals surface area contributed by atoms with Gasteiger partial charge in [0.1, 0.15) is 17.3 Å². The molecule has 2 aromatic rings. The van der Waals surface area contributed by atoms with E-state index < -0.39 is 0 Å². The minimum atomic E-state index is 0.196. The fourth-order valence-corrected chi connectivity index (χ4v) is 3.67. The first-order valence-electron chi connectivity index (χ1n) is 6.78. The predicted molar refractivity (Wildman–Crippen MR) is 77.7 cm³/mol. The largest absolute Gasteiger partial charge is 0.474 e. The van der Waals surface area contributed by atoms with Gasteiger partial charge in [0.25, 0.3) is 0 Å². The highest BCUT2D eigenvalue weighted by Crippen LogP contribution is 2.35. The molecule has 4 nitrogen and oxygen atoms in total. The maximum Gasteiger partial charge on any atom is 0.225 e. The van der Waals surface area contributed by atoms with Crippen LogP contribution in [0.2, 0.25) is 0 Å². The van der Waals surface area contributed by atoms with Crippen LogP contribution in [0.3, 0.4) is 0 Å². The topological polar surface area (TPSA) is 61.0 Å². The Labute approximate surface area is 117 Å². The van der Waals surface area contributed by atoms with Crippen LogP contribution in [0.25, 0.3) is 10.2 Å². The summed E-state index contributed by atoms with van der Waals surface area (Å²) in [5.41, 5.74) is 7.25. The maximum absolute atomic E-state index is 6.11. The molecular formula is C14H19N3OS. The average Bonchev–Trinajstić information content (AvgIpc) is 2.66. The lowest BCUT2D eigenvalue weighted by Gasteiger charge is -2.27. The van der Waals surface area contributed by atoms with E-state index in [1.54, 1.807) is 17.7 Å². The molecule has 0 aromatic carbocycles. The predicted octanol–water partition coefficient (Wildman–Crippen LogP) is 2.96. The Bertz CT molecular complexity index is 596. The molecule has 2 heterocycles. The summed E-state index contributed by atoms with van der Waals surface area (Å²) < 4.78 is 6.11. The second kappa shape index (κ2) is 5.06. The van der Waals surface area contributed by atoms with Crippen molar-refractivity contribution in [1.29, 1.82) is 0 Å². The van der Waals surface area contributed by atoms with Crippen LogP contribution in [0.5, 0.6) is 5.88 Å². The molecule has 3 rings (SSSR count). The Morgan fingerprint density at radius 1 is 1.32 bits per heavy atom. The van der Waals surface area contributed by atoms with E-state index in [2.05, 4.69) is 23.8 Å². The van der Waals surface area contributed by atoms with Crippen molar-refractivity contribution in [2.24, 2.45) is 5.73 Å². The van der Waals surface area contributed by atoms with Gasteiger partial charge in [0.15, 0.2) is 0 Å². The van der Waals surface area contributed by atoms with Crippen LogP contribution < -0.4 is 10.5 Å². The van der Waals surface area contributed by atoms with E-state index in [-0.39, 0.29) is 12.1 Å². The van der Waals surface area contributed by atoms with Gasteiger partial charge >= 0.3 is 0 Å². The summed E-state index contributed by atoms with van der Waals surface area (Å²) in [4.78, 5) is 11.0. The highest BCUT2D eigenvalue weighted by Gasteiger charge is 2.22. The normalized spacial score (nSPS) is 23.7. The summed E-state index contributed by atoms with van der Waals surface area (Å²) in [7, 11) is 0. The highest BCUT2D eigenvalue weighted by atomic mass is 32.1. The standard InChI is InChI=1S/C14H19N3OS/c1-8-9(2)19-14-12(8)13(16-7-17-14)18-11-5-3-4-10(15)6-11/h7,10-11H,3-6,15H2,1-2H3. The minimum absolute atomic E-state index is 0.196. The number of fused-ring (bicyclic) bond motifs is 1. The summed E-state index contributed by atoms with van der Waals surface area (Å²) in [5.74, 6) is 0.728. The summed E-state index contributed by atoms with van der Waals surface area (Å²) >= 11 is 1.70. The summed E-state index contributed by atoms with van der Waals surface area (Å²) in [6.45, 7) is 4.22. The number of aromatic nitrogens is 2. The fourth-order valence-electron chi connectivity index (χ4n) is 2.69. The van der Waals surface area contributed by atoms with E-state index >= 15 is 0 Å². The molecule has 102 valence electrons. The molecule has 0 spiro atoms. The number of nitrogens with two attached hydrogens (primary N) is 1. The van der Waals surface area contributed by atoms with Gasteiger partial charge in [-0.2, -0.15) is 0 Å². The van der Waals surface area contributed by atoms with E-state index in [4.69, 9.17) is 10.5 Å². The van der Waals surface area contributed by atoms with Gasteiger partial charge in [0.2, 0.25) is 5.88 Å². The van der Waals surface area contributed by atoms with Crippen molar-refractivity contribution < 1.29 is 4.74 Å². The van der Waals surface area contributed by atoms with E-state index in [1.165, 1.54) is 10.4 Å². The molecule has 0 saturated heterocycles. The quantitative estimate of drug-likeness (QED) is 0.916. The van der Waals surface area contributed by atoms with Gasteiger partial charge < -0.3 is 10.5 Å². The lowest BCUT2D eigenvalue weighted by atomic mass is 9.93. The van der Waals surface area contributed by atoms with E-state index in [1.807, 2.05) is 0 Å². The van der Waals surface area contributed by atoms with Gasteiger partial charge in [0.05, 0.1) is 5.39 Å². The molecule has 1 saturated carbocycles. The number of rotatable bonds is 2. The maximum atomic E-state index is 6.11. The molecule has 2 atom stereocenters. The van der Waals surface area contributed by atoms with Crippen molar-refractivity contribution in [3.8, 4) is 5.88 Å². The highest BCUT2D eigenvalue weighted by molar-refractivity contribution is 7.18. The number of ether oxygens (including phenoxy) is 1. The minimum Gasteiger partial charge on any atom is -0.474 e. The lowest BCUT2D eigenvalue weighted by Crippen LogP contribution is -2.33. The summed E-state index contributed by atoms with van der Waals surface area (Å²) in [6, 6.07) is 0.265. The zero-order chi connectivity index (χ0) is 13.4. The van der Waals surface area contributed by atoms with Gasteiger partial charge in [-0.25, -0.2) is 9.97 Å². The fraction of sp³-hybridized carbons (Fsp3) is 0.571. The van der Waals surface area contributed by atoms with Crippen LogP contribution in [0.1, 0.15) is 36.1 Å². The van der Waals surface area contributed by atoms with Gasteiger partial charge in [-0.05, 0) is 45.1 Å². The third-order valence-electron chi connectivity index (χ3n) is 3.88. The van der Waals surface area contributed by atoms with E-state index in [9.17, 15) is 0 Å². The second-order valence-electron chi connectivity index (χ2n) is 5.31. The third kappa shape index (κ3) is 2.44. The molecule has 1 aliphatic rings. The van der Waals surface area contributed by atoms with Crippen LogP contribution in [0.15, 0.2) is 6.33 Å².